The number of hydrogen-bond donors (Lipinski definition) is 1. The maximum Gasteiger partial charge on any atom is 0.227 e. The summed E-state index contributed by atoms with van der Waals surface area (Å²) in [6.45, 7) is 2.27. The number of benzene rings is 2. The van der Waals surface area contributed by atoms with Gasteiger partial charge in [-0.05, 0) is 35.9 Å². The number of rotatable bonds is 6. The second-order valence-electron chi connectivity index (χ2n) is 7.35. The predicted molar refractivity (Wildman–Crippen MR) is 117 cm³/mol. The van der Waals surface area contributed by atoms with Crippen LogP contribution >= 0.6 is 11.8 Å². The fourth-order valence-corrected chi connectivity index (χ4v) is 4.54. The van der Waals surface area contributed by atoms with Crippen LogP contribution in [-0.4, -0.2) is 58.5 Å². The van der Waals surface area contributed by atoms with Crippen LogP contribution in [0.25, 0.3) is 10.9 Å². The first-order valence-corrected chi connectivity index (χ1v) is 11.1. The zero-order valence-corrected chi connectivity index (χ0v) is 17.5. The number of para-hydroxylation sites is 1. The summed E-state index contributed by atoms with van der Waals surface area (Å²) >= 11 is 1.55. The predicted octanol–water partition coefficient (Wildman–Crippen LogP) is 3.70. The minimum absolute atomic E-state index is 0.0960. The first-order valence-electron chi connectivity index (χ1n) is 10.1. The van der Waals surface area contributed by atoms with Crippen LogP contribution in [0.3, 0.4) is 0 Å². The Kier molecular flexibility index (Phi) is 6.38. The van der Waals surface area contributed by atoms with Crippen LogP contribution in [-0.2, 0) is 16.0 Å². The molecule has 4 rings (SSSR count). The van der Waals surface area contributed by atoms with Crippen molar-refractivity contribution in [3.05, 3.63) is 66.1 Å². The molecule has 2 heterocycles. The molecular formula is C23H24FN3O2S. The normalized spacial score (nSPS) is 14.3. The Hall–Kier alpha value is -2.80. The van der Waals surface area contributed by atoms with Crippen LogP contribution in [0.4, 0.5) is 4.39 Å². The van der Waals surface area contributed by atoms with Gasteiger partial charge >= 0.3 is 0 Å². The molecule has 1 saturated heterocycles. The van der Waals surface area contributed by atoms with E-state index < -0.39 is 0 Å². The van der Waals surface area contributed by atoms with E-state index in [1.54, 1.807) is 23.9 Å². The smallest absolute Gasteiger partial charge is 0.227 e. The van der Waals surface area contributed by atoms with E-state index in [-0.39, 0.29) is 17.6 Å². The molecular weight excluding hydrogens is 401 g/mol. The van der Waals surface area contributed by atoms with Crippen molar-refractivity contribution in [2.24, 2.45) is 0 Å². The lowest BCUT2D eigenvalue weighted by molar-refractivity contribution is -0.138. The number of piperazine rings is 1. The fourth-order valence-electron chi connectivity index (χ4n) is 3.70. The first-order chi connectivity index (χ1) is 14.6. The molecule has 0 saturated carbocycles. The van der Waals surface area contributed by atoms with Gasteiger partial charge in [-0.1, -0.05) is 18.2 Å². The van der Waals surface area contributed by atoms with E-state index in [9.17, 15) is 14.0 Å². The highest BCUT2D eigenvalue weighted by Gasteiger charge is 2.24. The van der Waals surface area contributed by atoms with Crippen molar-refractivity contribution in [3.8, 4) is 0 Å². The van der Waals surface area contributed by atoms with Gasteiger partial charge in [0.15, 0.2) is 0 Å². The molecule has 0 atom stereocenters. The summed E-state index contributed by atoms with van der Waals surface area (Å²) in [5.41, 5.74) is 2.04. The molecule has 1 fully saturated rings. The maximum atomic E-state index is 12.9. The van der Waals surface area contributed by atoms with E-state index in [1.165, 1.54) is 12.1 Å². The second-order valence-corrected chi connectivity index (χ2v) is 8.52. The lowest BCUT2D eigenvalue weighted by Gasteiger charge is -2.35. The fraction of sp³-hybridized carbons (Fsp3) is 0.304. The van der Waals surface area contributed by atoms with Gasteiger partial charge in [-0.25, -0.2) is 4.39 Å². The van der Waals surface area contributed by atoms with Crippen molar-refractivity contribution in [1.82, 2.24) is 14.8 Å². The Balaban J connectivity index is 1.22. The third-order valence-electron chi connectivity index (χ3n) is 5.40. The Morgan fingerprint density at radius 2 is 1.60 bits per heavy atom. The van der Waals surface area contributed by atoms with Crippen LogP contribution in [0.15, 0.2) is 59.6 Å². The highest BCUT2D eigenvalue weighted by molar-refractivity contribution is 7.99. The average Bonchev–Trinajstić information content (AvgIpc) is 3.18. The third-order valence-corrected chi connectivity index (χ3v) is 6.41. The molecule has 0 aliphatic carbocycles. The van der Waals surface area contributed by atoms with E-state index in [0.717, 1.165) is 21.4 Å². The molecule has 1 N–H and O–H groups in total. The SMILES string of the molecule is O=C(CCSc1ccc(F)cc1)N1CCN(C(=O)Cc2c[nH]c3ccccc23)CC1. The molecule has 0 bridgehead atoms. The summed E-state index contributed by atoms with van der Waals surface area (Å²) in [6, 6.07) is 14.3. The number of H-pyrrole nitrogens is 1. The van der Waals surface area contributed by atoms with Gasteiger partial charge in [-0.15, -0.1) is 11.8 Å². The molecule has 5 nitrogen and oxygen atoms in total. The van der Waals surface area contributed by atoms with Crippen LogP contribution in [0.5, 0.6) is 0 Å². The maximum absolute atomic E-state index is 12.9. The van der Waals surface area contributed by atoms with Crippen molar-refractivity contribution in [1.29, 1.82) is 0 Å². The van der Waals surface area contributed by atoms with Crippen molar-refractivity contribution >= 4 is 34.5 Å². The summed E-state index contributed by atoms with van der Waals surface area (Å²) in [7, 11) is 0. The zero-order chi connectivity index (χ0) is 20.9. The quantitative estimate of drug-likeness (QED) is 0.613. The number of thioether (sulfide) groups is 1. The molecule has 156 valence electrons. The van der Waals surface area contributed by atoms with Gasteiger partial charge in [0.1, 0.15) is 5.82 Å². The Bertz CT molecular complexity index is 1030. The average molecular weight is 426 g/mol. The zero-order valence-electron chi connectivity index (χ0n) is 16.6. The topological polar surface area (TPSA) is 56.4 Å². The van der Waals surface area contributed by atoms with Crippen molar-refractivity contribution in [2.75, 3.05) is 31.9 Å². The van der Waals surface area contributed by atoms with Crippen LogP contribution in [0.1, 0.15) is 12.0 Å². The van der Waals surface area contributed by atoms with E-state index in [4.69, 9.17) is 0 Å². The number of aromatic amines is 1. The van der Waals surface area contributed by atoms with Gasteiger partial charge in [-0.3, -0.25) is 9.59 Å². The third kappa shape index (κ3) is 4.84. The van der Waals surface area contributed by atoms with E-state index in [2.05, 4.69) is 4.98 Å². The number of fused-ring (bicyclic) bond motifs is 1. The van der Waals surface area contributed by atoms with Crippen molar-refractivity contribution < 1.29 is 14.0 Å². The summed E-state index contributed by atoms with van der Waals surface area (Å²) in [5, 5.41) is 1.08. The van der Waals surface area contributed by atoms with E-state index in [0.29, 0.717) is 44.8 Å². The molecule has 2 amide bonds. The highest BCUT2D eigenvalue weighted by Crippen LogP contribution is 2.21. The first kappa shape index (κ1) is 20.5. The molecule has 1 aliphatic rings. The number of carbonyl (C=O) groups excluding carboxylic acids is 2. The van der Waals surface area contributed by atoms with Crippen LogP contribution in [0.2, 0.25) is 0 Å². The Morgan fingerprint density at radius 3 is 2.33 bits per heavy atom. The summed E-state index contributed by atoms with van der Waals surface area (Å²) < 4.78 is 12.9. The van der Waals surface area contributed by atoms with Gasteiger partial charge in [0, 0.05) is 60.3 Å². The van der Waals surface area contributed by atoms with E-state index in [1.807, 2.05) is 40.3 Å². The summed E-state index contributed by atoms with van der Waals surface area (Å²) in [5.74, 6) is 0.601. The standard InChI is InChI=1S/C23H24FN3O2S/c24-18-5-7-19(8-6-18)30-14-9-22(28)26-10-12-27(13-11-26)23(29)15-17-16-25-21-4-2-1-3-20(17)21/h1-8,16,25H,9-15H2. The molecule has 0 unspecified atom stereocenters. The molecule has 0 spiro atoms. The van der Waals surface area contributed by atoms with Crippen LogP contribution < -0.4 is 0 Å². The number of aromatic nitrogens is 1. The lowest BCUT2D eigenvalue weighted by atomic mass is 10.1. The molecule has 30 heavy (non-hydrogen) atoms. The number of amides is 2. The number of carbonyl (C=O) groups is 2. The minimum atomic E-state index is -0.257. The monoisotopic (exact) mass is 425 g/mol. The molecule has 1 aromatic heterocycles. The molecule has 2 aromatic carbocycles. The minimum Gasteiger partial charge on any atom is -0.361 e. The number of nitrogens with one attached hydrogen (secondary N) is 1. The Labute approximate surface area is 179 Å². The van der Waals surface area contributed by atoms with Crippen molar-refractivity contribution in [2.45, 2.75) is 17.7 Å². The summed E-state index contributed by atoms with van der Waals surface area (Å²) in [6.07, 6.45) is 2.71. The number of hydrogen-bond acceptors (Lipinski definition) is 3. The molecule has 7 heteroatoms. The van der Waals surface area contributed by atoms with Crippen LogP contribution in [0, 0.1) is 5.82 Å². The Morgan fingerprint density at radius 1 is 0.933 bits per heavy atom. The number of halogens is 1. The molecule has 1 aliphatic heterocycles. The van der Waals surface area contributed by atoms with Gasteiger partial charge in [0.2, 0.25) is 11.8 Å². The highest BCUT2D eigenvalue weighted by atomic mass is 32.2. The van der Waals surface area contributed by atoms with Gasteiger partial charge < -0.3 is 14.8 Å². The second kappa shape index (κ2) is 9.34. The van der Waals surface area contributed by atoms with Crippen molar-refractivity contribution in [3.63, 3.8) is 0 Å². The number of nitrogens with zero attached hydrogens (tertiary/aromatic N) is 2. The van der Waals surface area contributed by atoms with Gasteiger partial charge in [-0.2, -0.15) is 0 Å². The largest absolute Gasteiger partial charge is 0.361 e. The van der Waals surface area contributed by atoms with E-state index >= 15 is 0 Å². The van der Waals surface area contributed by atoms with Gasteiger partial charge in [0.25, 0.3) is 0 Å². The van der Waals surface area contributed by atoms with Gasteiger partial charge in [0.05, 0.1) is 6.42 Å². The molecule has 0 radical (unpaired) electrons. The summed E-state index contributed by atoms with van der Waals surface area (Å²) in [4.78, 5) is 33.0. The lowest BCUT2D eigenvalue weighted by Crippen LogP contribution is -2.51. The molecule has 3 aromatic rings.